The average molecular weight is 406 g/mol. The normalized spacial score (nSPS) is 12.1. The van der Waals surface area contributed by atoms with Gasteiger partial charge >= 0.3 is 0 Å². The van der Waals surface area contributed by atoms with Gasteiger partial charge in [0, 0.05) is 11.8 Å². The van der Waals surface area contributed by atoms with Gasteiger partial charge in [0.2, 0.25) is 15.9 Å². The Hall–Kier alpha value is -2.87. The number of hydrogen-bond donors (Lipinski definition) is 1. The van der Waals surface area contributed by atoms with Crippen molar-refractivity contribution in [2.75, 3.05) is 22.5 Å². The van der Waals surface area contributed by atoms with E-state index in [1.165, 1.54) is 18.2 Å². The Kier molecular flexibility index (Phi) is 7.17. The van der Waals surface area contributed by atoms with E-state index in [1.54, 1.807) is 37.3 Å². The van der Waals surface area contributed by atoms with Crippen LogP contribution in [0.15, 0.2) is 61.2 Å². The van der Waals surface area contributed by atoms with E-state index in [-0.39, 0.29) is 12.1 Å². The largest absolute Gasteiger partial charge is 0.489 e. The van der Waals surface area contributed by atoms with Gasteiger partial charge in [-0.05, 0) is 30.7 Å². The van der Waals surface area contributed by atoms with E-state index >= 15 is 0 Å². The number of sulfonamides is 1. The molecule has 0 aromatic heterocycles. The third kappa shape index (κ3) is 5.32. The maximum absolute atomic E-state index is 14.3. The van der Waals surface area contributed by atoms with Crippen LogP contribution in [0.4, 0.5) is 15.8 Å². The molecule has 1 amide bonds. The van der Waals surface area contributed by atoms with Crippen molar-refractivity contribution < 1.29 is 22.3 Å². The van der Waals surface area contributed by atoms with Gasteiger partial charge in [-0.2, -0.15) is 0 Å². The lowest BCUT2D eigenvalue weighted by atomic mass is 10.1. The van der Waals surface area contributed by atoms with Crippen LogP contribution in [-0.2, 0) is 14.8 Å². The van der Waals surface area contributed by atoms with E-state index in [9.17, 15) is 17.6 Å². The highest BCUT2D eigenvalue weighted by Crippen LogP contribution is 2.26. The Bertz CT molecular complexity index is 947. The lowest BCUT2D eigenvalue weighted by Crippen LogP contribution is -2.47. The molecule has 28 heavy (non-hydrogen) atoms. The summed E-state index contributed by atoms with van der Waals surface area (Å²) in [5, 5.41) is 2.68. The Morgan fingerprint density at radius 3 is 2.61 bits per heavy atom. The second-order valence-electron chi connectivity index (χ2n) is 6.05. The molecule has 1 atom stereocenters. The van der Waals surface area contributed by atoms with Gasteiger partial charge in [0.05, 0.1) is 11.9 Å². The zero-order valence-electron chi connectivity index (χ0n) is 15.8. The van der Waals surface area contributed by atoms with E-state index in [2.05, 4.69) is 11.9 Å². The molecule has 0 fully saturated rings. The molecule has 6 nitrogen and oxygen atoms in total. The first-order chi connectivity index (χ1) is 13.3. The Morgan fingerprint density at radius 1 is 1.29 bits per heavy atom. The molecule has 2 aromatic rings. The average Bonchev–Trinajstić information content (AvgIpc) is 2.64. The van der Waals surface area contributed by atoms with Gasteiger partial charge in [-0.25, -0.2) is 12.8 Å². The first-order valence-electron chi connectivity index (χ1n) is 8.66. The number of benzene rings is 2. The van der Waals surface area contributed by atoms with Crippen molar-refractivity contribution in [3.63, 3.8) is 0 Å². The molecule has 150 valence electrons. The number of carbonyl (C=O) groups is 1. The van der Waals surface area contributed by atoms with Crippen molar-refractivity contribution in [3.8, 4) is 5.75 Å². The van der Waals surface area contributed by atoms with Crippen LogP contribution in [0.5, 0.6) is 5.75 Å². The number of nitrogens with one attached hydrogen (secondary N) is 1. The minimum atomic E-state index is -3.91. The van der Waals surface area contributed by atoms with Gasteiger partial charge in [0.1, 0.15) is 24.2 Å². The molecular formula is C20H23FN2O4S. The molecule has 0 bridgehead atoms. The molecule has 1 unspecified atom stereocenters. The molecule has 0 aliphatic heterocycles. The lowest BCUT2D eigenvalue weighted by Gasteiger charge is -2.30. The number of amides is 1. The maximum atomic E-state index is 14.3. The topological polar surface area (TPSA) is 75.7 Å². The number of rotatable bonds is 9. The van der Waals surface area contributed by atoms with Gasteiger partial charge in [-0.3, -0.25) is 9.10 Å². The summed E-state index contributed by atoms with van der Waals surface area (Å²) >= 11 is 0. The van der Waals surface area contributed by atoms with Gasteiger partial charge in [0.15, 0.2) is 0 Å². The number of halogens is 1. The molecule has 0 heterocycles. The summed E-state index contributed by atoms with van der Waals surface area (Å²) in [4.78, 5) is 12.8. The Labute approximate surface area is 164 Å². The molecular weight excluding hydrogens is 383 g/mol. The molecule has 0 aliphatic rings. The summed E-state index contributed by atoms with van der Waals surface area (Å²) < 4.78 is 45.2. The number of carbonyl (C=O) groups excluding carboxylic acids is 1. The number of hydrogen-bond acceptors (Lipinski definition) is 4. The minimum Gasteiger partial charge on any atom is -0.489 e. The summed E-state index contributed by atoms with van der Waals surface area (Å²) in [5.74, 6) is -0.768. The number of para-hydroxylation sites is 1. The van der Waals surface area contributed by atoms with E-state index in [0.29, 0.717) is 18.0 Å². The fraction of sp³-hybridized carbons (Fsp3) is 0.250. The first kappa shape index (κ1) is 21.4. The van der Waals surface area contributed by atoms with Crippen LogP contribution in [0.3, 0.4) is 0 Å². The van der Waals surface area contributed by atoms with E-state index in [0.717, 1.165) is 16.6 Å². The molecule has 0 radical (unpaired) electrons. The smallest absolute Gasteiger partial charge is 0.248 e. The van der Waals surface area contributed by atoms with Crippen molar-refractivity contribution >= 4 is 27.3 Å². The molecule has 0 aliphatic carbocycles. The van der Waals surface area contributed by atoms with Crippen molar-refractivity contribution in [2.45, 2.75) is 19.4 Å². The fourth-order valence-corrected chi connectivity index (χ4v) is 3.92. The standard InChI is InChI=1S/C20H23FN2O4S/c1-4-13-27-16-10-8-9-15(14-16)22-20(24)18(5-2)23(28(3,25)26)19-12-7-6-11-17(19)21/h4,6-12,14,18H,1,5,13H2,2-3H3,(H,22,24). The van der Waals surface area contributed by atoms with Gasteiger partial charge in [-0.15, -0.1) is 0 Å². The van der Waals surface area contributed by atoms with Crippen LogP contribution in [0.25, 0.3) is 0 Å². The first-order valence-corrected chi connectivity index (χ1v) is 10.5. The predicted molar refractivity (Wildman–Crippen MR) is 109 cm³/mol. The Morgan fingerprint density at radius 2 is 2.00 bits per heavy atom. The predicted octanol–water partition coefficient (Wildman–Crippen LogP) is 3.57. The molecule has 2 rings (SSSR count). The number of ether oxygens (including phenoxy) is 1. The van der Waals surface area contributed by atoms with Crippen molar-refractivity contribution in [1.82, 2.24) is 0 Å². The third-order valence-corrected chi connectivity index (χ3v) is 5.05. The zero-order chi connectivity index (χ0) is 20.7. The molecule has 0 saturated heterocycles. The second kappa shape index (κ2) is 9.36. The maximum Gasteiger partial charge on any atom is 0.248 e. The molecule has 0 spiro atoms. The van der Waals surface area contributed by atoms with Crippen LogP contribution >= 0.6 is 0 Å². The summed E-state index contributed by atoms with van der Waals surface area (Å²) in [6.45, 7) is 5.54. The lowest BCUT2D eigenvalue weighted by molar-refractivity contribution is -0.117. The van der Waals surface area contributed by atoms with Gasteiger partial charge in [-0.1, -0.05) is 37.8 Å². The van der Waals surface area contributed by atoms with Crippen LogP contribution in [0, 0.1) is 5.82 Å². The minimum absolute atomic E-state index is 0.153. The summed E-state index contributed by atoms with van der Waals surface area (Å²) in [6.07, 6.45) is 2.69. The van der Waals surface area contributed by atoms with Crippen LogP contribution < -0.4 is 14.4 Å². The van der Waals surface area contributed by atoms with Gasteiger partial charge < -0.3 is 10.1 Å². The summed E-state index contributed by atoms with van der Waals surface area (Å²) in [5.41, 5.74) is 0.266. The van der Waals surface area contributed by atoms with E-state index in [1.807, 2.05) is 0 Å². The van der Waals surface area contributed by atoms with E-state index in [4.69, 9.17) is 4.74 Å². The van der Waals surface area contributed by atoms with Gasteiger partial charge in [0.25, 0.3) is 0 Å². The van der Waals surface area contributed by atoms with Crippen LogP contribution in [0.1, 0.15) is 13.3 Å². The molecule has 1 N–H and O–H groups in total. The molecule has 0 saturated carbocycles. The zero-order valence-corrected chi connectivity index (χ0v) is 16.6. The fourth-order valence-electron chi connectivity index (χ4n) is 2.71. The molecule has 2 aromatic carbocycles. The van der Waals surface area contributed by atoms with E-state index < -0.39 is 27.8 Å². The van der Waals surface area contributed by atoms with Crippen molar-refractivity contribution in [1.29, 1.82) is 0 Å². The van der Waals surface area contributed by atoms with Crippen molar-refractivity contribution in [2.24, 2.45) is 0 Å². The monoisotopic (exact) mass is 406 g/mol. The third-order valence-electron chi connectivity index (χ3n) is 3.89. The highest BCUT2D eigenvalue weighted by Gasteiger charge is 2.33. The SMILES string of the molecule is C=CCOc1cccc(NC(=O)C(CC)N(c2ccccc2F)S(C)(=O)=O)c1. The second-order valence-corrected chi connectivity index (χ2v) is 7.91. The van der Waals surface area contributed by atoms with Crippen LogP contribution in [-0.4, -0.2) is 33.2 Å². The summed E-state index contributed by atoms with van der Waals surface area (Å²) in [6, 6.07) is 11.0. The van der Waals surface area contributed by atoms with Crippen LogP contribution in [0.2, 0.25) is 0 Å². The Balaban J connectivity index is 2.32. The number of anilines is 2. The number of nitrogens with zero attached hydrogens (tertiary/aromatic N) is 1. The molecule has 8 heteroatoms. The highest BCUT2D eigenvalue weighted by molar-refractivity contribution is 7.92. The van der Waals surface area contributed by atoms with Crippen molar-refractivity contribution in [3.05, 3.63) is 67.0 Å². The highest BCUT2D eigenvalue weighted by atomic mass is 32.2. The summed E-state index contributed by atoms with van der Waals surface area (Å²) in [7, 11) is -3.91. The quantitative estimate of drug-likeness (QED) is 0.646.